The van der Waals surface area contributed by atoms with Crippen LogP contribution in [0.25, 0.3) is 10.9 Å². The lowest BCUT2D eigenvalue weighted by atomic mass is 10.2. The number of nitrogens with one attached hydrogen (secondary N) is 1. The standard InChI is InChI=1S/C18H17N3O2/c1-23-17(22)12-11-16-18(14-9-5-6-10-15(14)19-16)21-20-13-7-3-2-4-8-13/h2-10,19H,11-12H2,1H3. The number of rotatable bonds is 5. The van der Waals surface area contributed by atoms with Gasteiger partial charge in [0.15, 0.2) is 0 Å². The molecule has 0 unspecified atom stereocenters. The fourth-order valence-corrected chi connectivity index (χ4v) is 2.41. The topological polar surface area (TPSA) is 66.8 Å². The van der Waals surface area contributed by atoms with Crippen molar-refractivity contribution in [2.24, 2.45) is 10.2 Å². The van der Waals surface area contributed by atoms with Crippen LogP contribution in [0.15, 0.2) is 64.8 Å². The third kappa shape index (κ3) is 3.45. The Kier molecular flexibility index (Phi) is 4.47. The van der Waals surface area contributed by atoms with Gasteiger partial charge in [0.1, 0.15) is 5.69 Å². The minimum absolute atomic E-state index is 0.241. The first-order valence-corrected chi connectivity index (χ1v) is 7.41. The van der Waals surface area contributed by atoms with E-state index in [0.717, 1.165) is 28.0 Å². The number of nitrogens with zero attached hydrogens (tertiary/aromatic N) is 2. The highest BCUT2D eigenvalue weighted by molar-refractivity contribution is 5.92. The van der Waals surface area contributed by atoms with E-state index in [1.54, 1.807) is 0 Å². The molecule has 0 atom stereocenters. The van der Waals surface area contributed by atoms with Crippen LogP contribution in [0, 0.1) is 0 Å². The van der Waals surface area contributed by atoms with Crippen molar-refractivity contribution in [3.05, 3.63) is 60.3 Å². The van der Waals surface area contributed by atoms with Crippen molar-refractivity contribution < 1.29 is 9.53 Å². The first-order valence-electron chi connectivity index (χ1n) is 7.41. The van der Waals surface area contributed by atoms with E-state index >= 15 is 0 Å². The Labute approximate surface area is 134 Å². The van der Waals surface area contributed by atoms with Gasteiger partial charge in [0, 0.05) is 23.0 Å². The SMILES string of the molecule is COC(=O)CCc1[nH]c2ccccc2c1N=Nc1ccccc1. The number of aromatic nitrogens is 1. The lowest BCUT2D eigenvalue weighted by Crippen LogP contribution is -2.02. The zero-order valence-electron chi connectivity index (χ0n) is 12.8. The number of carbonyl (C=O) groups is 1. The molecule has 0 aliphatic rings. The maximum Gasteiger partial charge on any atom is 0.305 e. The largest absolute Gasteiger partial charge is 0.469 e. The van der Waals surface area contributed by atoms with Crippen LogP contribution in [0.2, 0.25) is 0 Å². The molecule has 23 heavy (non-hydrogen) atoms. The van der Waals surface area contributed by atoms with Gasteiger partial charge in [-0.2, -0.15) is 5.11 Å². The second-order valence-electron chi connectivity index (χ2n) is 5.11. The zero-order valence-corrected chi connectivity index (χ0v) is 12.8. The summed E-state index contributed by atoms with van der Waals surface area (Å²) >= 11 is 0. The van der Waals surface area contributed by atoms with Crippen molar-refractivity contribution in [3.8, 4) is 0 Å². The van der Waals surface area contributed by atoms with Crippen molar-refractivity contribution in [3.63, 3.8) is 0 Å². The molecule has 5 heteroatoms. The van der Waals surface area contributed by atoms with Crippen molar-refractivity contribution in [1.82, 2.24) is 4.98 Å². The quantitative estimate of drug-likeness (QED) is 0.549. The summed E-state index contributed by atoms with van der Waals surface area (Å²) in [6.07, 6.45) is 0.835. The van der Waals surface area contributed by atoms with E-state index in [1.165, 1.54) is 7.11 Å². The Morgan fingerprint density at radius 3 is 2.57 bits per heavy atom. The van der Waals surface area contributed by atoms with E-state index in [4.69, 9.17) is 4.74 Å². The molecular weight excluding hydrogens is 290 g/mol. The van der Waals surface area contributed by atoms with Crippen molar-refractivity contribution >= 4 is 28.2 Å². The fourth-order valence-electron chi connectivity index (χ4n) is 2.41. The van der Waals surface area contributed by atoms with Crippen molar-refractivity contribution in [1.29, 1.82) is 0 Å². The summed E-state index contributed by atoms with van der Waals surface area (Å²) in [6, 6.07) is 17.5. The number of ether oxygens (including phenoxy) is 1. The summed E-state index contributed by atoms with van der Waals surface area (Å²) < 4.78 is 4.71. The molecule has 0 spiro atoms. The molecule has 0 aliphatic carbocycles. The number of aryl methyl sites for hydroxylation is 1. The molecule has 116 valence electrons. The normalized spacial score (nSPS) is 11.2. The number of H-pyrrole nitrogens is 1. The van der Waals surface area contributed by atoms with Crippen LogP contribution >= 0.6 is 0 Å². The number of methoxy groups -OCH3 is 1. The van der Waals surface area contributed by atoms with E-state index in [9.17, 15) is 4.79 Å². The summed E-state index contributed by atoms with van der Waals surface area (Å²) in [7, 11) is 1.39. The molecular formula is C18H17N3O2. The molecule has 3 rings (SSSR count). The van der Waals surface area contributed by atoms with Gasteiger partial charge in [-0.25, -0.2) is 0 Å². The van der Waals surface area contributed by atoms with Crippen LogP contribution in [0.4, 0.5) is 11.4 Å². The first-order chi connectivity index (χ1) is 11.3. The maximum atomic E-state index is 11.4. The second-order valence-corrected chi connectivity index (χ2v) is 5.11. The van der Waals surface area contributed by atoms with Gasteiger partial charge in [0.2, 0.25) is 0 Å². The highest BCUT2D eigenvalue weighted by Gasteiger charge is 2.12. The smallest absolute Gasteiger partial charge is 0.305 e. The summed E-state index contributed by atoms with van der Waals surface area (Å²) in [5.41, 5.74) is 3.43. The van der Waals surface area contributed by atoms with Crippen LogP contribution in [-0.4, -0.2) is 18.1 Å². The minimum Gasteiger partial charge on any atom is -0.469 e. The number of esters is 1. The van der Waals surface area contributed by atoms with E-state index in [0.29, 0.717) is 12.8 Å². The molecule has 1 aromatic heterocycles. The number of para-hydroxylation sites is 1. The predicted octanol–water partition coefficient (Wildman–Crippen LogP) is 4.69. The molecule has 0 radical (unpaired) electrons. The Bertz CT molecular complexity index is 838. The van der Waals surface area contributed by atoms with Crippen molar-refractivity contribution in [2.45, 2.75) is 12.8 Å². The summed E-state index contributed by atoms with van der Waals surface area (Å²) in [5.74, 6) is -0.241. The molecule has 0 fully saturated rings. The third-order valence-corrected chi connectivity index (χ3v) is 3.58. The first kappa shape index (κ1) is 15.0. The van der Waals surface area contributed by atoms with Crippen LogP contribution in [-0.2, 0) is 16.0 Å². The van der Waals surface area contributed by atoms with Gasteiger partial charge >= 0.3 is 5.97 Å². The van der Waals surface area contributed by atoms with Gasteiger partial charge in [-0.15, -0.1) is 5.11 Å². The Balaban J connectivity index is 1.95. The van der Waals surface area contributed by atoms with Gasteiger partial charge < -0.3 is 9.72 Å². The van der Waals surface area contributed by atoms with E-state index < -0.39 is 0 Å². The predicted molar refractivity (Wildman–Crippen MR) is 89.3 cm³/mol. The lowest BCUT2D eigenvalue weighted by Gasteiger charge is -1.99. The average molecular weight is 307 g/mol. The average Bonchev–Trinajstić information content (AvgIpc) is 2.96. The van der Waals surface area contributed by atoms with E-state index in [-0.39, 0.29) is 5.97 Å². The summed E-state index contributed by atoms with van der Waals surface area (Å²) in [5, 5.41) is 9.70. The van der Waals surface area contributed by atoms with Gasteiger partial charge in [-0.1, -0.05) is 36.4 Å². The molecule has 5 nitrogen and oxygen atoms in total. The molecule has 0 saturated carbocycles. The van der Waals surface area contributed by atoms with Crippen LogP contribution in [0.3, 0.4) is 0 Å². The van der Waals surface area contributed by atoms with Crippen LogP contribution < -0.4 is 0 Å². The minimum atomic E-state index is -0.241. The van der Waals surface area contributed by atoms with Gasteiger partial charge in [0.05, 0.1) is 19.2 Å². The van der Waals surface area contributed by atoms with E-state index in [2.05, 4.69) is 15.2 Å². The number of benzene rings is 2. The van der Waals surface area contributed by atoms with Gasteiger partial charge in [-0.3, -0.25) is 4.79 Å². The number of aromatic amines is 1. The second kappa shape index (κ2) is 6.87. The number of azo groups is 1. The summed E-state index contributed by atoms with van der Waals surface area (Å²) in [6.45, 7) is 0. The number of hydrogen-bond donors (Lipinski definition) is 1. The van der Waals surface area contributed by atoms with Gasteiger partial charge in [-0.05, 0) is 18.2 Å². The highest BCUT2D eigenvalue weighted by Crippen LogP contribution is 2.32. The third-order valence-electron chi connectivity index (χ3n) is 3.58. The molecule has 0 bridgehead atoms. The molecule has 0 amide bonds. The maximum absolute atomic E-state index is 11.4. The molecule has 3 aromatic rings. The molecule has 1 heterocycles. The van der Waals surface area contributed by atoms with Crippen molar-refractivity contribution in [2.75, 3.05) is 7.11 Å². The molecule has 2 aromatic carbocycles. The van der Waals surface area contributed by atoms with E-state index in [1.807, 2.05) is 54.6 Å². The Morgan fingerprint density at radius 1 is 1.04 bits per heavy atom. The summed E-state index contributed by atoms with van der Waals surface area (Å²) in [4.78, 5) is 14.7. The van der Waals surface area contributed by atoms with Crippen LogP contribution in [0.5, 0.6) is 0 Å². The number of fused-ring (bicyclic) bond motifs is 1. The molecule has 1 N–H and O–H groups in total. The molecule has 0 saturated heterocycles. The zero-order chi connectivity index (χ0) is 16.1. The van der Waals surface area contributed by atoms with Gasteiger partial charge in [0.25, 0.3) is 0 Å². The fraction of sp³-hybridized carbons (Fsp3) is 0.167. The number of hydrogen-bond acceptors (Lipinski definition) is 4. The Morgan fingerprint density at radius 2 is 1.78 bits per heavy atom. The monoisotopic (exact) mass is 307 g/mol. The highest BCUT2D eigenvalue weighted by atomic mass is 16.5. The number of carbonyl (C=O) groups excluding carboxylic acids is 1. The molecule has 0 aliphatic heterocycles. The van der Waals surface area contributed by atoms with Crippen LogP contribution in [0.1, 0.15) is 12.1 Å². The Hall–Kier alpha value is -2.95. The lowest BCUT2D eigenvalue weighted by molar-refractivity contribution is -0.140.